The van der Waals surface area contributed by atoms with E-state index in [0.29, 0.717) is 6.04 Å². The number of rotatable bonds is 3. The Morgan fingerprint density at radius 3 is 3.07 bits per heavy atom. The maximum Gasteiger partial charge on any atom is 0.0553 e. The second-order valence-electron chi connectivity index (χ2n) is 4.15. The average Bonchev–Trinajstić information content (AvgIpc) is 2.68. The minimum atomic E-state index is 0.649. The van der Waals surface area contributed by atoms with Crippen molar-refractivity contribution in [2.24, 2.45) is 0 Å². The van der Waals surface area contributed by atoms with Crippen LogP contribution in [-0.4, -0.2) is 30.7 Å². The van der Waals surface area contributed by atoms with Gasteiger partial charge in [-0.25, -0.2) is 0 Å². The zero-order valence-corrected chi connectivity index (χ0v) is 9.53. The lowest BCUT2D eigenvalue weighted by atomic mass is 10.3. The Kier molecular flexibility index (Phi) is 3.21. The summed E-state index contributed by atoms with van der Waals surface area (Å²) in [7, 11) is 0. The maximum absolute atomic E-state index is 4.33. The number of aromatic nitrogens is 1. The molecule has 0 aromatic carbocycles. The Morgan fingerprint density at radius 1 is 1.53 bits per heavy atom. The van der Waals surface area contributed by atoms with Crippen LogP contribution in [0.1, 0.15) is 19.0 Å². The highest BCUT2D eigenvalue weighted by Crippen LogP contribution is 2.19. The standard InChI is InChI=1S/C12H19N3/c1-3-13-11-6-7-15(9-11)12-5-4-10(2)14-8-12/h4-5,8,11,13H,3,6-7,9H2,1-2H3. The van der Waals surface area contributed by atoms with E-state index in [9.17, 15) is 0 Å². The second-order valence-corrected chi connectivity index (χ2v) is 4.15. The van der Waals surface area contributed by atoms with Gasteiger partial charge in [-0.3, -0.25) is 4.98 Å². The molecule has 1 unspecified atom stereocenters. The van der Waals surface area contributed by atoms with Crippen LogP contribution in [-0.2, 0) is 0 Å². The minimum absolute atomic E-state index is 0.649. The summed E-state index contributed by atoms with van der Waals surface area (Å²) in [6, 6.07) is 4.89. The summed E-state index contributed by atoms with van der Waals surface area (Å²) in [6.45, 7) is 7.50. The molecule has 1 atom stereocenters. The maximum atomic E-state index is 4.33. The van der Waals surface area contributed by atoms with Crippen LogP contribution in [0.3, 0.4) is 0 Å². The highest BCUT2D eigenvalue weighted by Gasteiger charge is 2.21. The van der Waals surface area contributed by atoms with Crippen molar-refractivity contribution in [3.63, 3.8) is 0 Å². The normalized spacial score (nSPS) is 20.9. The molecule has 0 amide bonds. The number of hydrogen-bond acceptors (Lipinski definition) is 3. The Morgan fingerprint density at radius 2 is 2.40 bits per heavy atom. The van der Waals surface area contributed by atoms with Gasteiger partial charge in [0.25, 0.3) is 0 Å². The smallest absolute Gasteiger partial charge is 0.0553 e. The van der Waals surface area contributed by atoms with Gasteiger partial charge in [-0.2, -0.15) is 0 Å². The molecule has 2 rings (SSSR count). The lowest BCUT2D eigenvalue weighted by molar-refractivity contribution is 0.572. The van der Waals surface area contributed by atoms with Crippen molar-refractivity contribution in [3.05, 3.63) is 24.0 Å². The van der Waals surface area contributed by atoms with Gasteiger partial charge in [0, 0.05) is 24.8 Å². The fourth-order valence-electron chi connectivity index (χ4n) is 2.10. The van der Waals surface area contributed by atoms with Gasteiger partial charge in [0.2, 0.25) is 0 Å². The molecule has 1 aromatic heterocycles. The number of likely N-dealkylation sites (N-methyl/N-ethyl adjacent to an activating group) is 1. The van der Waals surface area contributed by atoms with Gasteiger partial charge in [0.1, 0.15) is 0 Å². The average molecular weight is 205 g/mol. The predicted octanol–water partition coefficient (Wildman–Crippen LogP) is 1.58. The number of nitrogens with zero attached hydrogens (tertiary/aromatic N) is 2. The molecule has 3 nitrogen and oxygen atoms in total. The topological polar surface area (TPSA) is 28.2 Å². The van der Waals surface area contributed by atoms with Crippen LogP contribution >= 0.6 is 0 Å². The fraction of sp³-hybridized carbons (Fsp3) is 0.583. The highest BCUT2D eigenvalue weighted by molar-refractivity contribution is 5.45. The zero-order valence-electron chi connectivity index (χ0n) is 9.53. The van der Waals surface area contributed by atoms with Gasteiger partial charge in [0.05, 0.1) is 11.9 Å². The molecule has 82 valence electrons. The molecule has 0 radical (unpaired) electrons. The molecule has 1 aromatic rings. The van der Waals surface area contributed by atoms with Gasteiger partial charge in [-0.15, -0.1) is 0 Å². The van der Waals surface area contributed by atoms with Crippen molar-refractivity contribution in [1.29, 1.82) is 0 Å². The molecular formula is C12H19N3. The third kappa shape index (κ3) is 2.48. The molecule has 3 heteroatoms. The molecule has 0 saturated carbocycles. The van der Waals surface area contributed by atoms with E-state index in [0.717, 1.165) is 25.3 Å². The Labute approximate surface area is 91.5 Å². The zero-order chi connectivity index (χ0) is 10.7. The molecule has 1 aliphatic heterocycles. The van der Waals surface area contributed by atoms with Crippen LogP contribution in [0.2, 0.25) is 0 Å². The van der Waals surface area contributed by atoms with E-state index in [1.807, 2.05) is 13.1 Å². The molecule has 15 heavy (non-hydrogen) atoms. The van der Waals surface area contributed by atoms with Crippen LogP contribution in [0.15, 0.2) is 18.3 Å². The molecule has 1 aliphatic rings. The predicted molar refractivity (Wildman–Crippen MR) is 63.3 cm³/mol. The Balaban J connectivity index is 1.98. The van der Waals surface area contributed by atoms with E-state index in [1.54, 1.807) is 0 Å². The molecule has 0 aliphatic carbocycles. The summed E-state index contributed by atoms with van der Waals surface area (Å²) in [6.07, 6.45) is 3.21. The quantitative estimate of drug-likeness (QED) is 0.812. The van der Waals surface area contributed by atoms with Crippen molar-refractivity contribution in [2.45, 2.75) is 26.3 Å². The van der Waals surface area contributed by atoms with E-state index < -0.39 is 0 Å². The van der Waals surface area contributed by atoms with Crippen LogP contribution in [0.5, 0.6) is 0 Å². The van der Waals surface area contributed by atoms with Crippen molar-refractivity contribution < 1.29 is 0 Å². The van der Waals surface area contributed by atoms with Crippen LogP contribution in [0.25, 0.3) is 0 Å². The molecule has 0 bridgehead atoms. The van der Waals surface area contributed by atoms with Crippen LogP contribution in [0.4, 0.5) is 5.69 Å². The van der Waals surface area contributed by atoms with Gasteiger partial charge in [-0.05, 0) is 32.0 Å². The number of anilines is 1. The van der Waals surface area contributed by atoms with Crippen molar-refractivity contribution >= 4 is 5.69 Å². The van der Waals surface area contributed by atoms with Crippen molar-refractivity contribution in [1.82, 2.24) is 10.3 Å². The van der Waals surface area contributed by atoms with Crippen LogP contribution in [0, 0.1) is 6.92 Å². The van der Waals surface area contributed by atoms with E-state index in [4.69, 9.17) is 0 Å². The van der Waals surface area contributed by atoms with E-state index in [1.165, 1.54) is 12.1 Å². The van der Waals surface area contributed by atoms with E-state index in [-0.39, 0.29) is 0 Å². The summed E-state index contributed by atoms with van der Waals surface area (Å²) < 4.78 is 0. The van der Waals surface area contributed by atoms with Gasteiger partial charge >= 0.3 is 0 Å². The highest BCUT2D eigenvalue weighted by atomic mass is 15.2. The SMILES string of the molecule is CCNC1CCN(c2ccc(C)nc2)C1. The fourth-order valence-corrected chi connectivity index (χ4v) is 2.10. The van der Waals surface area contributed by atoms with Crippen molar-refractivity contribution in [3.8, 4) is 0 Å². The first-order valence-electron chi connectivity index (χ1n) is 5.70. The molecule has 1 saturated heterocycles. The third-order valence-electron chi connectivity index (χ3n) is 2.94. The molecular weight excluding hydrogens is 186 g/mol. The largest absolute Gasteiger partial charge is 0.369 e. The van der Waals surface area contributed by atoms with E-state index in [2.05, 4.69) is 34.3 Å². The lowest BCUT2D eigenvalue weighted by Gasteiger charge is -2.18. The molecule has 0 spiro atoms. The number of pyridine rings is 1. The molecule has 1 N–H and O–H groups in total. The van der Waals surface area contributed by atoms with Gasteiger partial charge in [-0.1, -0.05) is 6.92 Å². The monoisotopic (exact) mass is 205 g/mol. The number of aryl methyl sites for hydroxylation is 1. The number of nitrogens with one attached hydrogen (secondary N) is 1. The minimum Gasteiger partial charge on any atom is -0.369 e. The van der Waals surface area contributed by atoms with Gasteiger partial charge < -0.3 is 10.2 Å². The first kappa shape index (κ1) is 10.4. The summed E-state index contributed by atoms with van der Waals surface area (Å²) in [4.78, 5) is 6.74. The first-order valence-corrected chi connectivity index (χ1v) is 5.70. The van der Waals surface area contributed by atoms with Crippen molar-refractivity contribution in [2.75, 3.05) is 24.5 Å². The van der Waals surface area contributed by atoms with E-state index >= 15 is 0 Å². The van der Waals surface area contributed by atoms with Gasteiger partial charge in [0.15, 0.2) is 0 Å². The summed E-state index contributed by atoms with van der Waals surface area (Å²) >= 11 is 0. The number of hydrogen-bond donors (Lipinski definition) is 1. The third-order valence-corrected chi connectivity index (χ3v) is 2.94. The van der Waals surface area contributed by atoms with Crippen LogP contribution < -0.4 is 10.2 Å². The summed E-state index contributed by atoms with van der Waals surface area (Å²) in [5.41, 5.74) is 2.34. The molecule has 2 heterocycles. The Bertz CT molecular complexity index is 307. The first-order chi connectivity index (χ1) is 7.29. The lowest BCUT2D eigenvalue weighted by Crippen LogP contribution is -2.32. The Hall–Kier alpha value is -1.09. The second kappa shape index (κ2) is 4.62. The summed E-state index contributed by atoms with van der Waals surface area (Å²) in [5, 5.41) is 3.49. The molecule has 1 fully saturated rings. The summed E-state index contributed by atoms with van der Waals surface area (Å²) in [5.74, 6) is 0.